The summed E-state index contributed by atoms with van der Waals surface area (Å²) < 4.78 is -0.619. The molecule has 23 heavy (non-hydrogen) atoms. The quantitative estimate of drug-likeness (QED) is 0.793. The standard InChI is InChI=1S/C19H23NO2S/c1-14(17(21)15-10-6-4-7-11-15)20-18(22)19(2,3)23-16-12-8-5-9-13-16/h4-14,17,21H,1-3H3,(H,20,22). The smallest absolute Gasteiger partial charge is 0.236 e. The van der Waals surface area contributed by atoms with Gasteiger partial charge in [0.15, 0.2) is 0 Å². The Labute approximate surface area is 142 Å². The fraction of sp³-hybridized carbons (Fsp3) is 0.316. The van der Waals surface area contributed by atoms with Gasteiger partial charge in [-0.3, -0.25) is 4.79 Å². The zero-order valence-electron chi connectivity index (χ0n) is 13.7. The summed E-state index contributed by atoms with van der Waals surface area (Å²) in [6, 6.07) is 18.9. The lowest BCUT2D eigenvalue weighted by Gasteiger charge is -2.27. The molecule has 0 aliphatic carbocycles. The zero-order valence-corrected chi connectivity index (χ0v) is 14.5. The van der Waals surface area contributed by atoms with Gasteiger partial charge in [-0.2, -0.15) is 0 Å². The molecule has 2 rings (SSSR count). The lowest BCUT2D eigenvalue weighted by Crippen LogP contribution is -2.46. The molecular weight excluding hydrogens is 306 g/mol. The van der Waals surface area contributed by atoms with Gasteiger partial charge in [-0.05, 0) is 38.5 Å². The second kappa shape index (κ2) is 7.66. The molecule has 0 spiro atoms. The van der Waals surface area contributed by atoms with E-state index in [0.29, 0.717) is 0 Å². The third-order valence-corrected chi connectivity index (χ3v) is 4.84. The predicted octanol–water partition coefficient (Wildman–Crippen LogP) is 3.80. The maximum atomic E-state index is 12.6. The minimum absolute atomic E-state index is 0.0890. The number of hydrogen-bond donors (Lipinski definition) is 2. The Morgan fingerprint density at radius 1 is 1.04 bits per heavy atom. The van der Waals surface area contributed by atoms with Gasteiger partial charge in [0, 0.05) is 4.90 Å². The average Bonchev–Trinajstić information content (AvgIpc) is 2.55. The zero-order chi connectivity index (χ0) is 16.9. The van der Waals surface area contributed by atoms with Crippen molar-refractivity contribution in [3.05, 3.63) is 66.2 Å². The van der Waals surface area contributed by atoms with Gasteiger partial charge in [-0.15, -0.1) is 11.8 Å². The van der Waals surface area contributed by atoms with Gasteiger partial charge in [0.2, 0.25) is 5.91 Å². The van der Waals surface area contributed by atoms with Crippen LogP contribution >= 0.6 is 11.8 Å². The topological polar surface area (TPSA) is 49.3 Å². The average molecular weight is 329 g/mol. The fourth-order valence-electron chi connectivity index (χ4n) is 2.23. The summed E-state index contributed by atoms with van der Waals surface area (Å²) in [6.45, 7) is 5.60. The summed E-state index contributed by atoms with van der Waals surface area (Å²) in [5.74, 6) is -0.0890. The molecule has 3 nitrogen and oxygen atoms in total. The summed E-state index contributed by atoms with van der Waals surface area (Å²) in [6.07, 6.45) is -0.724. The first-order valence-corrected chi connectivity index (χ1v) is 8.50. The predicted molar refractivity (Wildman–Crippen MR) is 95.4 cm³/mol. The minimum atomic E-state index is -0.724. The molecule has 0 fully saturated rings. The van der Waals surface area contributed by atoms with Crippen LogP contribution in [0.5, 0.6) is 0 Å². The van der Waals surface area contributed by atoms with Gasteiger partial charge in [-0.25, -0.2) is 0 Å². The number of nitrogens with one attached hydrogen (secondary N) is 1. The molecule has 2 atom stereocenters. The number of aliphatic hydroxyl groups excluding tert-OH is 1. The van der Waals surface area contributed by atoms with Crippen molar-refractivity contribution in [3.8, 4) is 0 Å². The van der Waals surface area contributed by atoms with Crippen molar-refractivity contribution in [3.63, 3.8) is 0 Å². The number of amides is 1. The highest BCUT2D eigenvalue weighted by Crippen LogP contribution is 2.32. The van der Waals surface area contributed by atoms with Gasteiger partial charge < -0.3 is 10.4 Å². The molecule has 2 N–H and O–H groups in total. The van der Waals surface area contributed by atoms with Crippen LogP contribution in [-0.2, 0) is 4.79 Å². The molecule has 0 aromatic heterocycles. The van der Waals surface area contributed by atoms with Crippen molar-refractivity contribution in [1.29, 1.82) is 0 Å². The van der Waals surface area contributed by atoms with E-state index in [4.69, 9.17) is 0 Å². The molecule has 0 radical (unpaired) electrons. The highest BCUT2D eigenvalue weighted by Gasteiger charge is 2.31. The Morgan fingerprint density at radius 3 is 2.13 bits per heavy atom. The Bertz CT molecular complexity index is 628. The molecule has 0 bridgehead atoms. The molecule has 2 unspecified atom stereocenters. The van der Waals surface area contributed by atoms with E-state index >= 15 is 0 Å². The van der Waals surface area contributed by atoms with Crippen molar-refractivity contribution in [2.45, 2.75) is 42.6 Å². The second-order valence-corrected chi connectivity index (χ2v) is 7.74. The first-order chi connectivity index (χ1) is 10.9. The van der Waals surface area contributed by atoms with Gasteiger partial charge in [-0.1, -0.05) is 48.5 Å². The monoisotopic (exact) mass is 329 g/mol. The number of carbonyl (C=O) groups excluding carboxylic acids is 1. The van der Waals surface area contributed by atoms with Crippen LogP contribution in [0.15, 0.2) is 65.6 Å². The minimum Gasteiger partial charge on any atom is -0.386 e. The molecule has 0 saturated heterocycles. The largest absolute Gasteiger partial charge is 0.386 e. The first kappa shape index (κ1) is 17.6. The van der Waals surface area contributed by atoms with Gasteiger partial charge in [0.1, 0.15) is 0 Å². The van der Waals surface area contributed by atoms with E-state index < -0.39 is 10.9 Å². The number of aliphatic hydroxyl groups is 1. The Kier molecular flexibility index (Phi) is 5.85. The van der Waals surface area contributed by atoms with Crippen molar-refractivity contribution in [2.75, 3.05) is 0 Å². The summed E-state index contributed by atoms with van der Waals surface area (Å²) in [7, 11) is 0. The molecule has 4 heteroatoms. The number of hydrogen-bond acceptors (Lipinski definition) is 3. The van der Waals surface area contributed by atoms with Crippen LogP contribution in [0.2, 0.25) is 0 Å². The van der Waals surface area contributed by atoms with Crippen LogP contribution < -0.4 is 5.32 Å². The van der Waals surface area contributed by atoms with E-state index in [1.165, 1.54) is 11.8 Å². The maximum absolute atomic E-state index is 12.6. The summed E-state index contributed by atoms with van der Waals surface area (Å²) >= 11 is 1.51. The summed E-state index contributed by atoms with van der Waals surface area (Å²) in [5, 5.41) is 13.3. The SMILES string of the molecule is CC(NC(=O)C(C)(C)Sc1ccccc1)C(O)c1ccccc1. The van der Waals surface area contributed by atoms with E-state index in [1.54, 1.807) is 0 Å². The maximum Gasteiger partial charge on any atom is 0.236 e. The highest BCUT2D eigenvalue weighted by atomic mass is 32.2. The third kappa shape index (κ3) is 4.85. The van der Waals surface area contributed by atoms with Crippen molar-refractivity contribution >= 4 is 17.7 Å². The molecule has 0 heterocycles. The van der Waals surface area contributed by atoms with E-state index in [1.807, 2.05) is 81.4 Å². The molecule has 1 amide bonds. The Balaban J connectivity index is 1.99. The van der Waals surface area contributed by atoms with E-state index in [9.17, 15) is 9.90 Å². The van der Waals surface area contributed by atoms with Crippen LogP contribution in [0.25, 0.3) is 0 Å². The van der Waals surface area contributed by atoms with E-state index in [-0.39, 0.29) is 11.9 Å². The number of rotatable bonds is 6. The van der Waals surface area contributed by atoms with Crippen molar-refractivity contribution < 1.29 is 9.90 Å². The van der Waals surface area contributed by atoms with Gasteiger partial charge in [0.05, 0.1) is 16.9 Å². The molecule has 0 saturated carbocycles. The third-order valence-electron chi connectivity index (χ3n) is 3.64. The van der Waals surface area contributed by atoms with Crippen LogP contribution in [-0.4, -0.2) is 21.8 Å². The normalized spacial score (nSPS) is 14.1. The number of thioether (sulfide) groups is 1. The lowest BCUT2D eigenvalue weighted by atomic mass is 10.0. The highest BCUT2D eigenvalue weighted by molar-refractivity contribution is 8.01. The number of carbonyl (C=O) groups is 1. The number of benzene rings is 2. The molecule has 2 aromatic carbocycles. The lowest BCUT2D eigenvalue weighted by molar-refractivity contribution is -0.124. The molecule has 2 aromatic rings. The van der Waals surface area contributed by atoms with Crippen LogP contribution in [0.4, 0.5) is 0 Å². The molecule has 0 aliphatic rings. The van der Waals surface area contributed by atoms with E-state index in [0.717, 1.165) is 10.5 Å². The van der Waals surface area contributed by atoms with Crippen LogP contribution in [0.3, 0.4) is 0 Å². The Hall–Kier alpha value is -1.78. The van der Waals surface area contributed by atoms with Gasteiger partial charge in [0.25, 0.3) is 0 Å². The molecular formula is C19H23NO2S. The second-order valence-electron chi connectivity index (χ2n) is 6.04. The van der Waals surface area contributed by atoms with Crippen LogP contribution in [0.1, 0.15) is 32.4 Å². The molecule has 122 valence electrons. The summed E-state index contributed by atoms with van der Waals surface area (Å²) in [5.41, 5.74) is 0.800. The van der Waals surface area contributed by atoms with Crippen molar-refractivity contribution in [1.82, 2.24) is 5.32 Å². The fourth-order valence-corrected chi connectivity index (χ4v) is 3.26. The molecule has 0 aliphatic heterocycles. The summed E-state index contributed by atoms with van der Waals surface area (Å²) in [4.78, 5) is 13.6. The van der Waals surface area contributed by atoms with Crippen LogP contribution in [0, 0.1) is 0 Å². The van der Waals surface area contributed by atoms with E-state index in [2.05, 4.69) is 5.32 Å². The Morgan fingerprint density at radius 2 is 1.57 bits per heavy atom. The van der Waals surface area contributed by atoms with Gasteiger partial charge >= 0.3 is 0 Å². The first-order valence-electron chi connectivity index (χ1n) is 7.68. The van der Waals surface area contributed by atoms with Crippen molar-refractivity contribution in [2.24, 2.45) is 0 Å².